The van der Waals surface area contributed by atoms with E-state index >= 15 is 0 Å². The summed E-state index contributed by atoms with van der Waals surface area (Å²) in [6.45, 7) is 1.48. The number of halogens is 1. The molecule has 0 amide bonds. The van der Waals surface area contributed by atoms with Gasteiger partial charge in [0, 0.05) is 0 Å². The average molecular weight is 179 g/mol. The van der Waals surface area contributed by atoms with Crippen LogP contribution in [0.15, 0.2) is 12.1 Å². The molecule has 0 radical (unpaired) electrons. The summed E-state index contributed by atoms with van der Waals surface area (Å²) in [7, 11) is 0. The molecule has 0 bridgehead atoms. The highest BCUT2D eigenvalue weighted by Gasteiger charge is 2.11. The Morgan fingerprint density at radius 3 is 2.69 bits per heavy atom. The van der Waals surface area contributed by atoms with Gasteiger partial charge in [0.15, 0.2) is 0 Å². The first-order valence-electron chi connectivity index (χ1n) is 3.50. The van der Waals surface area contributed by atoms with Crippen LogP contribution < -0.4 is 0 Å². The van der Waals surface area contributed by atoms with Crippen LogP contribution in [0.3, 0.4) is 0 Å². The highest BCUT2D eigenvalue weighted by molar-refractivity contribution is 5.89. The van der Waals surface area contributed by atoms with Gasteiger partial charge in [0.2, 0.25) is 0 Å². The van der Waals surface area contributed by atoms with Crippen LogP contribution >= 0.6 is 0 Å². The van der Waals surface area contributed by atoms with E-state index < -0.39 is 11.8 Å². The van der Waals surface area contributed by atoms with E-state index in [2.05, 4.69) is 0 Å². The van der Waals surface area contributed by atoms with Crippen molar-refractivity contribution in [3.8, 4) is 6.07 Å². The minimum Gasteiger partial charge on any atom is -0.478 e. The molecule has 1 rings (SSSR count). The van der Waals surface area contributed by atoms with Crippen LogP contribution in [-0.2, 0) is 0 Å². The van der Waals surface area contributed by atoms with Gasteiger partial charge in [-0.25, -0.2) is 9.18 Å². The molecule has 0 saturated heterocycles. The number of benzene rings is 1. The van der Waals surface area contributed by atoms with Gasteiger partial charge >= 0.3 is 5.97 Å². The molecule has 0 aliphatic heterocycles. The molecule has 0 atom stereocenters. The zero-order valence-electron chi connectivity index (χ0n) is 6.84. The van der Waals surface area contributed by atoms with Gasteiger partial charge < -0.3 is 5.11 Å². The van der Waals surface area contributed by atoms with E-state index in [0.29, 0.717) is 5.56 Å². The number of carboxylic acids is 1. The minimum absolute atomic E-state index is 0.0436. The monoisotopic (exact) mass is 179 g/mol. The van der Waals surface area contributed by atoms with Gasteiger partial charge in [-0.3, -0.25) is 0 Å². The van der Waals surface area contributed by atoms with Crippen molar-refractivity contribution in [2.45, 2.75) is 6.92 Å². The van der Waals surface area contributed by atoms with Crippen molar-refractivity contribution in [1.29, 1.82) is 5.26 Å². The molecule has 1 N–H and O–H groups in total. The van der Waals surface area contributed by atoms with Gasteiger partial charge in [0.05, 0.1) is 11.1 Å². The maximum Gasteiger partial charge on any atom is 0.336 e. The molecule has 0 aliphatic carbocycles. The number of rotatable bonds is 1. The maximum absolute atomic E-state index is 12.9. The Morgan fingerprint density at radius 1 is 1.62 bits per heavy atom. The molecule has 0 heterocycles. The summed E-state index contributed by atoms with van der Waals surface area (Å²) in [5.41, 5.74) is 0.0185. The Bertz CT molecular complexity index is 407. The third-order valence-electron chi connectivity index (χ3n) is 1.66. The number of carboxylic acid groups (broad SMARTS) is 1. The van der Waals surface area contributed by atoms with E-state index in [1.54, 1.807) is 6.07 Å². The molecule has 13 heavy (non-hydrogen) atoms. The van der Waals surface area contributed by atoms with E-state index in [0.717, 1.165) is 12.1 Å². The number of aryl methyl sites for hydroxylation is 1. The van der Waals surface area contributed by atoms with E-state index in [-0.39, 0.29) is 11.1 Å². The van der Waals surface area contributed by atoms with Crippen molar-refractivity contribution in [2.75, 3.05) is 0 Å². The van der Waals surface area contributed by atoms with Gasteiger partial charge in [-0.15, -0.1) is 0 Å². The second-order valence-electron chi connectivity index (χ2n) is 2.56. The largest absolute Gasteiger partial charge is 0.478 e. The van der Waals surface area contributed by atoms with Crippen molar-refractivity contribution < 1.29 is 14.3 Å². The summed E-state index contributed by atoms with van der Waals surface area (Å²) in [5, 5.41) is 17.1. The van der Waals surface area contributed by atoms with Crippen LogP contribution in [0.5, 0.6) is 0 Å². The Morgan fingerprint density at radius 2 is 2.23 bits per heavy atom. The topological polar surface area (TPSA) is 61.1 Å². The number of nitriles is 1. The standard InChI is InChI=1S/C9H6FNO2/c1-5-2-8(10)6(4-11)3-7(5)9(12)13/h2-3H,1H3,(H,12,13). The van der Waals surface area contributed by atoms with E-state index in [1.807, 2.05) is 0 Å². The van der Waals surface area contributed by atoms with Crippen molar-refractivity contribution in [3.05, 3.63) is 34.6 Å². The van der Waals surface area contributed by atoms with Crippen molar-refractivity contribution in [3.63, 3.8) is 0 Å². The number of carbonyl (C=O) groups is 1. The quantitative estimate of drug-likeness (QED) is 0.713. The number of hydrogen-bond donors (Lipinski definition) is 1. The van der Waals surface area contributed by atoms with Gasteiger partial charge in [0.1, 0.15) is 11.9 Å². The molecule has 0 saturated carbocycles. The highest BCUT2D eigenvalue weighted by atomic mass is 19.1. The Hall–Kier alpha value is -1.89. The fourth-order valence-corrected chi connectivity index (χ4v) is 0.989. The summed E-state index contributed by atoms with van der Waals surface area (Å²) < 4.78 is 12.9. The highest BCUT2D eigenvalue weighted by Crippen LogP contribution is 2.14. The van der Waals surface area contributed by atoms with E-state index in [9.17, 15) is 9.18 Å². The van der Waals surface area contributed by atoms with Crippen LogP contribution in [0.25, 0.3) is 0 Å². The molecule has 1 aromatic carbocycles. The van der Waals surface area contributed by atoms with Crippen LogP contribution in [-0.4, -0.2) is 11.1 Å². The van der Waals surface area contributed by atoms with Gasteiger partial charge in [-0.2, -0.15) is 5.26 Å². The molecule has 3 nitrogen and oxygen atoms in total. The Labute approximate surface area is 74.0 Å². The molecule has 1 aromatic rings. The summed E-state index contributed by atoms with van der Waals surface area (Å²) in [6, 6.07) is 3.66. The summed E-state index contributed by atoms with van der Waals surface area (Å²) >= 11 is 0. The molecule has 0 unspecified atom stereocenters. The lowest BCUT2D eigenvalue weighted by Crippen LogP contribution is -2.01. The van der Waals surface area contributed by atoms with Crippen LogP contribution in [0.2, 0.25) is 0 Å². The fourth-order valence-electron chi connectivity index (χ4n) is 0.989. The van der Waals surface area contributed by atoms with Crippen molar-refractivity contribution in [1.82, 2.24) is 0 Å². The predicted octanol–water partition coefficient (Wildman–Crippen LogP) is 1.70. The molecule has 0 spiro atoms. The average Bonchev–Trinajstić information content (AvgIpc) is 2.03. The Kier molecular flexibility index (Phi) is 2.29. The number of hydrogen-bond acceptors (Lipinski definition) is 2. The molecule has 0 aliphatic rings. The summed E-state index contributed by atoms with van der Waals surface area (Å²) in [6.07, 6.45) is 0. The van der Waals surface area contributed by atoms with Gasteiger partial charge in [-0.05, 0) is 24.6 Å². The van der Waals surface area contributed by atoms with Gasteiger partial charge in [0.25, 0.3) is 0 Å². The lowest BCUT2D eigenvalue weighted by Gasteiger charge is -2.01. The van der Waals surface area contributed by atoms with E-state index in [4.69, 9.17) is 10.4 Å². The first-order valence-corrected chi connectivity index (χ1v) is 3.50. The molecular formula is C9H6FNO2. The van der Waals surface area contributed by atoms with Crippen molar-refractivity contribution >= 4 is 5.97 Å². The second-order valence-corrected chi connectivity index (χ2v) is 2.56. The lowest BCUT2D eigenvalue weighted by molar-refractivity contribution is 0.0696. The fraction of sp³-hybridized carbons (Fsp3) is 0.111. The summed E-state index contributed by atoms with van der Waals surface area (Å²) in [5.74, 6) is -1.85. The number of aromatic carboxylic acids is 1. The summed E-state index contributed by atoms with van der Waals surface area (Å²) in [4.78, 5) is 10.6. The van der Waals surface area contributed by atoms with Crippen LogP contribution in [0, 0.1) is 24.1 Å². The maximum atomic E-state index is 12.9. The lowest BCUT2D eigenvalue weighted by atomic mass is 10.1. The normalized spacial score (nSPS) is 9.31. The first kappa shape index (κ1) is 9.20. The SMILES string of the molecule is Cc1cc(F)c(C#N)cc1C(=O)O. The zero-order valence-corrected chi connectivity index (χ0v) is 6.84. The molecular weight excluding hydrogens is 173 g/mol. The Balaban J connectivity index is 3.41. The molecule has 0 aromatic heterocycles. The van der Waals surface area contributed by atoms with Crippen LogP contribution in [0.4, 0.5) is 4.39 Å². The molecule has 0 fully saturated rings. The van der Waals surface area contributed by atoms with Crippen LogP contribution in [0.1, 0.15) is 21.5 Å². The third kappa shape index (κ3) is 1.64. The third-order valence-corrected chi connectivity index (χ3v) is 1.66. The molecule has 4 heteroatoms. The smallest absolute Gasteiger partial charge is 0.336 e. The van der Waals surface area contributed by atoms with Crippen molar-refractivity contribution in [2.24, 2.45) is 0 Å². The number of nitrogens with zero attached hydrogens (tertiary/aromatic N) is 1. The van der Waals surface area contributed by atoms with E-state index in [1.165, 1.54) is 6.92 Å². The van der Waals surface area contributed by atoms with Gasteiger partial charge in [-0.1, -0.05) is 0 Å². The minimum atomic E-state index is -1.16. The predicted molar refractivity (Wildman–Crippen MR) is 42.8 cm³/mol. The second kappa shape index (κ2) is 3.23. The zero-order chi connectivity index (χ0) is 10.0. The molecule has 66 valence electrons. The first-order chi connectivity index (χ1) is 6.06.